The summed E-state index contributed by atoms with van der Waals surface area (Å²) in [6.45, 7) is 8.51. The summed E-state index contributed by atoms with van der Waals surface area (Å²) >= 11 is 0. The number of amides is 1. The molecule has 4 heteroatoms. The third-order valence-corrected chi connectivity index (χ3v) is 3.77. The van der Waals surface area contributed by atoms with Crippen LogP contribution in [0.25, 0.3) is 0 Å². The van der Waals surface area contributed by atoms with E-state index in [0.717, 1.165) is 25.9 Å². The third kappa shape index (κ3) is 3.19. The molecule has 0 aromatic carbocycles. The molecule has 1 aliphatic rings. The lowest BCUT2D eigenvalue weighted by molar-refractivity contribution is -0.127. The lowest BCUT2D eigenvalue weighted by Crippen LogP contribution is -2.57. The molecule has 0 bridgehead atoms. The minimum absolute atomic E-state index is 0.110. The fraction of sp³-hybridized carbons (Fsp3) is 0.917. The summed E-state index contributed by atoms with van der Waals surface area (Å²) in [5, 5.41) is 6.36. The van der Waals surface area contributed by atoms with Gasteiger partial charge in [-0.2, -0.15) is 0 Å². The van der Waals surface area contributed by atoms with Crippen LogP contribution in [0.4, 0.5) is 0 Å². The molecule has 2 atom stereocenters. The molecule has 1 rings (SSSR count). The van der Waals surface area contributed by atoms with Crippen molar-refractivity contribution in [2.24, 2.45) is 17.6 Å². The van der Waals surface area contributed by atoms with Crippen molar-refractivity contribution in [2.45, 2.75) is 39.2 Å². The summed E-state index contributed by atoms with van der Waals surface area (Å²) in [5.74, 6) is 0.602. The lowest BCUT2D eigenvalue weighted by Gasteiger charge is -2.35. The van der Waals surface area contributed by atoms with E-state index in [-0.39, 0.29) is 17.4 Å². The van der Waals surface area contributed by atoms with Crippen LogP contribution in [0.15, 0.2) is 0 Å². The van der Waals surface area contributed by atoms with Gasteiger partial charge in [-0.05, 0) is 32.2 Å². The highest BCUT2D eigenvalue weighted by Gasteiger charge is 2.31. The van der Waals surface area contributed by atoms with Crippen LogP contribution in [0.3, 0.4) is 0 Å². The summed E-state index contributed by atoms with van der Waals surface area (Å²) in [6.07, 6.45) is 2.07. The number of nitrogens with one attached hydrogen (secondary N) is 2. The SMILES string of the molecule is CC(C)C(C)(CN)NC(=O)C1CCCNC1. The quantitative estimate of drug-likeness (QED) is 0.654. The molecular formula is C12H25N3O. The van der Waals surface area contributed by atoms with Crippen molar-refractivity contribution in [1.82, 2.24) is 10.6 Å². The Morgan fingerprint density at radius 3 is 2.75 bits per heavy atom. The van der Waals surface area contributed by atoms with Crippen LogP contribution in [0.2, 0.25) is 0 Å². The molecular weight excluding hydrogens is 202 g/mol. The number of rotatable bonds is 4. The van der Waals surface area contributed by atoms with E-state index in [1.54, 1.807) is 0 Å². The van der Waals surface area contributed by atoms with Gasteiger partial charge in [0.2, 0.25) is 5.91 Å². The maximum absolute atomic E-state index is 12.1. The zero-order chi connectivity index (χ0) is 12.2. The van der Waals surface area contributed by atoms with E-state index in [1.807, 2.05) is 6.92 Å². The van der Waals surface area contributed by atoms with Gasteiger partial charge in [-0.15, -0.1) is 0 Å². The van der Waals surface area contributed by atoms with Gasteiger partial charge in [-0.25, -0.2) is 0 Å². The zero-order valence-corrected chi connectivity index (χ0v) is 10.7. The van der Waals surface area contributed by atoms with Crippen molar-refractivity contribution in [2.75, 3.05) is 19.6 Å². The first-order valence-electron chi connectivity index (χ1n) is 6.22. The van der Waals surface area contributed by atoms with E-state index < -0.39 is 0 Å². The van der Waals surface area contributed by atoms with Gasteiger partial charge in [0.1, 0.15) is 0 Å². The molecule has 1 amide bonds. The van der Waals surface area contributed by atoms with Crippen molar-refractivity contribution in [3.05, 3.63) is 0 Å². The third-order valence-electron chi connectivity index (χ3n) is 3.77. The number of piperidine rings is 1. The molecule has 0 radical (unpaired) electrons. The van der Waals surface area contributed by atoms with Crippen molar-refractivity contribution in [3.8, 4) is 0 Å². The zero-order valence-electron chi connectivity index (χ0n) is 10.7. The van der Waals surface area contributed by atoms with Crippen molar-refractivity contribution in [3.63, 3.8) is 0 Å². The van der Waals surface area contributed by atoms with Gasteiger partial charge in [0.25, 0.3) is 0 Å². The van der Waals surface area contributed by atoms with Gasteiger partial charge < -0.3 is 16.4 Å². The first-order chi connectivity index (χ1) is 7.49. The van der Waals surface area contributed by atoms with Gasteiger partial charge in [0.05, 0.1) is 11.5 Å². The molecule has 0 spiro atoms. The minimum Gasteiger partial charge on any atom is -0.349 e. The average molecular weight is 227 g/mol. The van der Waals surface area contributed by atoms with E-state index in [4.69, 9.17) is 5.73 Å². The molecule has 0 saturated carbocycles. The van der Waals surface area contributed by atoms with Crippen molar-refractivity contribution in [1.29, 1.82) is 0 Å². The fourth-order valence-electron chi connectivity index (χ4n) is 1.89. The van der Waals surface area contributed by atoms with E-state index in [9.17, 15) is 4.79 Å². The Bertz CT molecular complexity index is 236. The molecule has 94 valence electrons. The van der Waals surface area contributed by atoms with Crippen LogP contribution >= 0.6 is 0 Å². The summed E-state index contributed by atoms with van der Waals surface area (Å²) in [5.41, 5.74) is 5.47. The average Bonchev–Trinajstić information content (AvgIpc) is 2.29. The lowest BCUT2D eigenvalue weighted by atomic mass is 9.87. The predicted molar refractivity (Wildman–Crippen MR) is 66.0 cm³/mol. The first kappa shape index (κ1) is 13.5. The normalized spacial score (nSPS) is 25.2. The number of carbonyl (C=O) groups excluding carboxylic acids is 1. The van der Waals surface area contributed by atoms with Crippen LogP contribution in [-0.2, 0) is 4.79 Å². The van der Waals surface area contributed by atoms with E-state index in [2.05, 4.69) is 24.5 Å². The van der Waals surface area contributed by atoms with Crippen molar-refractivity contribution < 1.29 is 4.79 Å². The summed E-state index contributed by atoms with van der Waals surface area (Å²) in [7, 11) is 0. The highest BCUT2D eigenvalue weighted by molar-refractivity contribution is 5.79. The monoisotopic (exact) mass is 227 g/mol. The Hall–Kier alpha value is -0.610. The van der Waals surface area contributed by atoms with E-state index in [0.29, 0.717) is 12.5 Å². The molecule has 1 aliphatic heterocycles. The molecule has 1 saturated heterocycles. The van der Waals surface area contributed by atoms with E-state index >= 15 is 0 Å². The summed E-state index contributed by atoms with van der Waals surface area (Å²) in [4.78, 5) is 12.1. The Balaban J connectivity index is 2.54. The molecule has 1 fully saturated rings. The Morgan fingerprint density at radius 2 is 2.31 bits per heavy atom. The molecule has 0 aliphatic carbocycles. The highest BCUT2D eigenvalue weighted by Crippen LogP contribution is 2.17. The molecule has 16 heavy (non-hydrogen) atoms. The Kier molecular flexibility index (Phi) is 4.74. The second-order valence-electron chi connectivity index (χ2n) is 5.31. The van der Waals surface area contributed by atoms with Crippen molar-refractivity contribution >= 4 is 5.91 Å². The standard InChI is InChI=1S/C12H25N3O/c1-9(2)12(3,8-13)15-11(16)10-5-4-6-14-7-10/h9-10,14H,4-8,13H2,1-3H3,(H,15,16). The van der Waals surface area contributed by atoms with Crippen LogP contribution < -0.4 is 16.4 Å². The van der Waals surface area contributed by atoms with Crippen LogP contribution in [0, 0.1) is 11.8 Å². The molecule has 0 aromatic rings. The van der Waals surface area contributed by atoms with Crippen LogP contribution in [0.1, 0.15) is 33.6 Å². The Labute approximate surface area is 98.3 Å². The topological polar surface area (TPSA) is 67.1 Å². The second-order valence-corrected chi connectivity index (χ2v) is 5.31. The molecule has 0 aromatic heterocycles. The first-order valence-corrected chi connectivity index (χ1v) is 6.22. The second kappa shape index (κ2) is 5.64. The molecule has 4 N–H and O–H groups in total. The largest absolute Gasteiger partial charge is 0.349 e. The Morgan fingerprint density at radius 1 is 1.62 bits per heavy atom. The van der Waals surface area contributed by atoms with Gasteiger partial charge in [0, 0.05) is 13.1 Å². The van der Waals surface area contributed by atoms with Gasteiger partial charge in [0.15, 0.2) is 0 Å². The smallest absolute Gasteiger partial charge is 0.224 e. The van der Waals surface area contributed by atoms with Gasteiger partial charge in [-0.3, -0.25) is 4.79 Å². The molecule has 1 heterocycles. The van der Waals surface area contributed by atoms with Gasteiger partial charge in [-0.1, -0.05) is 13.8 Å². The summed E-state index contributed by atoms with van der Waals surface area (Å²) < 4.78 is 0. The highest BCUT2D eigenvalue weighted by atomic mass is 16.2. The van der Waals surface area contributed by atoms with Crippen LogP contribution in [-0.4, -0.2) is 31.1 Å². The van der Waals surface area contributed by atoms with Crippen LogP contribution in [0.5, 0.6) is 0 Å². The predicted octanol–water partition coefficient (Wildman–Crippen LogP) is 0.476. The number of hydrogen-bond acceptors (Lipinski definition) is 3. The summed E-state index contributed by atoms with van der Waals surface area (Å²) in [6, 6.07) is 0. The fourth-order valence-corrected chi connectivity index (χ4v) is 1.89. The number of hydrogen-bond donors (Lipinski definition) is 3. The maximum atomic E-state index is 12.1. The molecule has 2 unspecified atom stereocenters. The minimum atomic E-state index is -0.283. The van der Waals surface area contributed by atoms with E-state index in [1.165, 1.54) is 0 Å². The molecule has 4 nitrogen and oxygen atoms in total. The number of nitrogens with two attached hydrogens (primary N) is 1. The van der Waals surface area contributed by atoms with Gasteiger partial charge >= 0.3 is 0 Å². The maximum Gasteiger partial charge on any atom is 0.224 e. The number of carbonyl (C=O) groups is 1.